The molecule has 0 amide bonds. The maximum Gasteiger partial charge on any atom is 0.335 e. The molecule has 0 aliphatic heterocycles. The van der Waals surface area contributed by atoms with Gasteiger partial charge in [0, 0.05) is 0 Å². The summed E-state index contributed by atoms with van der Waals surface area (Å²) in [6.45, 7) is 4.93. The van der Waals surface area contributed by atoms with Crippen LogP contribution >= 0.6 is 0 Å². The molecular weight excluding hydrogens is 268 g/mol. The Bertz CT molecular complexity index is 373. The molecule has 0 radical (unpaired) electrons. The predicted octanol–water partition coefficient (Wildman–Crippen LogP) is 4.33. The Balaban J connectivity index is 0.00000191. The van der Waals surface area contributed by atoms with Gasteiger partial charge in [0.05, 0.1) is 12.2 Å². The van der Waals surface area contributed by atoms with E-state index in [-0.39, 0.29) is 0 Å². The molecule has 0 aliphatic rings. The SMILES string of the molecule is C=O.CCCCCCCCCOc1ccc(C(=O)O)cc1. The summed E-state index contributed by atoms with van der Waals surface area (Å²) in [5, 5.41) is 8.77. The highest BCUT2D eigenvalue weighted by molar-refractivity contribution is 5.87. The lowest BCUT2D eigenvalue weighted by molar-refractivity contribution is -0.0980. The van der Waals surface area contributed by atoms with Crippen LogP contribution in [0, 0.1) is 0 Å². The van der Waals surface area contributed by atoms with Crippen LogP contribution < -0.4 is 4.74 Å². The highest BCUT2D eigenvalue weighted by atomic mass is 16.5. The van der Waals surface area contributed by atoms with Crippen LogP contribution in [0.15, 0.2) is 24.3 Å². The Kier molecular flexibility index (Phi) is 12.0. The molecule has 4 nitrogen and oxygen atoms in total. The zero-order valence-electron chi connectivity index (χ0n) is 12.8. The molecule has 1 aromatic carbocycles. The number of carboxylic acids is 1. The largest absolute Gasteiger partial charge is 0.494 e. The molecule has 1 N–H and O–H groups in total. The van der Waals surface area contributed by atoms with E-state index in [1.165, 1.54) is 38.5 Å². The molecule has 0 aromatic heterocycles. The van der Waals surface area contributed by atoms with Crippen molar-refractivity contribution in [2.24, 2.45) is 0 Å². The number of hydrogen-bond donors (Lipinski definition) is 1. The van der Waals surface area contributed by atoms with Gasteiger partial charge in [0.15, 0.2) is 0 Å². The Labute approximate surface area is 127 Å². The molecule has 0 saturated heterocycles. The first-order chi connectivity index (χ1) is 10.2. The average Bonchev–Trinajstić information content (AvgIpc) is 2.52. The second-order valence-corrected chi connectivity index (χ2v) is 4.80. The Morgan fingerprint density at radius 2 is 1.52 bits per heavy atom. The van der Waals surface area contributed by atoms with Crippen LogP contribution in [0.5, 0.6) is 5.75 Å². The van der Waals surface area contributed by atoms with E-state index in [0.29, 0.717) is 12.2 Å². The topological polar surface area (TPSA) is 63.6 Å². The standard InChI is InChI=1S/C16H24O3.CH2O/c1-2-3-4-5-6-7-8-13-19-15-11-9-14(10-12-15)16(17)18;1-2/h9-12H,2-8,13H2,1H3,(H,17,18);1H2. The molecule has 0 atom stereocenters. The Morgan fingerprint density at radius 1 is 1.00 bits per heavy atom. The van der Waals surface area contributed by atoms with E-state index in [1.54, 1.807) is 24.3 Å². The van der Waals surface area contributed by atoms with E-state index in [2.05, 4.69) is 6.92 Å². The Hall–Kier alpha value is -1.84. The van der Waals surface area contributed by atoms with Gasteiger partial charge in [-0.3, -0.25) is 0 Å². The summed E-state index contributed by atoms with van der Waals surface area (Å²) in [7, 11) is 0. The minimum absolute atomic E-state index is 0.295. The van der Waals surface area contributed by atoms with Crippen molar-refractivity contribution in [2.75, 3.05) is 6.61 Å². The predicted molar refractivity (Wildman–Crippen MR) is 84.0 cm³/mol. The van der Waals surface area contributed by atoms with E-state index >= 15 is 0 Å². The Morgan fingerprint density at radius 3 is 2.05 bits per heavy atom. The number of carboxylic acid groups (broad SMARTS) is 1. The smallest absolute Gasteiger partial charge is 0.335 e. The van der Waals surface area contributed by atoms with E-state index in [4.69, 9.17) is 14.6 Å². The van der Waals surface area contributed by atoms with Gasteiger partial charge in [0.25, 0.3) is 0 Å². The summed E-state index contributed by atoms with van der Waals surface area (Å²) in [5.41, 5.74) is 0.295. The third-order valence-electron chi connectivity index (χ3n) is 3.12. The van der Waals surface area contributed by atoms with Crippen LogP contribution in [0.3, 0.4) is 0 Å². The van der Waals surface area contributed by atoms with Gasteiger partial charge in [-0.1, -0.05) is 45.4 Å². The van der Waals surface area contributed by atoms with Crippen molar-refractivity contribution in [1.29, 1.82) is 0 Å². The van der Waals surface area contributed by atoms with Crippen molar-refractivity contribution in [3.05, 3.63) is 29.8 Å². The van der Waals surface area contributed by atoms with Gasteiger partial charge in [-0.2, -0.15) is 0 Å². The number of aromatic carboxylic acids is 1. The molecule has 118 valence electrons. The van der Waals surface area contributed by atoms with Gasteiger partial charge in [-0.05, 0) is 30.7 Å². The maximum absolute atomic E-state index is 10.7. The van der Waals surface area contributed by atoms with Crippen molar-refractivity contribution in [1.82, 2.24) is 0 Å². The lowest BCUT2D eigenvalue weighted by Gasteiger charge is -2.06. The number of hydrogen-bond acceptors (Lipinski definition) is 3. The van der Waals surface area contributed by atoms with Crippen LogP contribution in [0.2, 0.25) is 0 Å². The van der Waals surface area contributed by atoms with E-state index in [0.717, 1.165) is 12.2 Å². The highest BCUT2D eigenvalue weighted by Crippen LogP contribution is 2.13. The summed E-state index contributed by atoms with van der Waals surface area (Å²) in [5.74, 6) is -0.158. The van der Waals surface area contributed by atoms with Crippen LogP contribution in [-0.4, -0.2) is 24.5 Å². The van der Waals surface area contributed by atoms with Crippen molar-refractivity contribution >= 4 is 12.8 Å². The van der Waals surface area contributed by atoms with E-state index < -0.39 is 5.97 Å². The normalized spacial score (nSPS) is 9.57. The fourth-order valence-corrected chi connectivity index (χ4v) is 1.94. The molecule has 0 bridgehead atoms. The lowest BCUT2D eigenvalue weighted by Crippen LogP contribution is -1.99. The fourth-order valence-electron chi connectivity index (χ4n) is 1.94. The van der Waals surface area contributed by atoms with Gasteiger partial charge in [-0.15, -0.1) is 0 Å². The first-order valence-electron chi connectivity index (χ1n) is 7.49. The number of ether oxygens (including phenoxy) is 1. The first-order valence-corrected chi connectivity index (χ1v) is 7.49. The van der Waals surface area contributed by atoms with Crippen LogP contribution in [0.1, 0.15) is 62.2 Å². The quantitative estimate of drug-likeness (QED) is 0.652. The average molecular weight is 294 g/mol. The number of rotatable bonds is 10. The minimum Gasteiger partial charge on any atom is -0.494 e. The highest BCUT2D eigenvalue weighted by Gasteiger charge is 2.01. The molecule has 0 fully saturated rings. The fraction of sp³-hybridized carbons (Fsp3) is 0.529. The minimum atomic E-state index is -0.904. The number of carbonyl (C=O) groups excluding carboxylic acids is 1. The summed E-state index contributed by atoms with van der Waals surface area (Å²) in [6, 6.07) is 6.57. The summed E-state index contributed by atoms with van der Waals surface area (Å²) in [4.78, 5) is 18.7. The molecule has 0 heterocycles. The van der Waals surface area contributed by atoms with Crippen LogP contribution in [0.4, 0.5) is 0 Å². The zero-order valence-corrected chi connectivity index (χ0v) is 12.8. The molecule has 1 rings (SSSR count). The second kappa shape index (κ2) is 13.2. The zero-order chi connectivity index (χ0) is 15.9. The molecule has 4 heteroatoms. The van der Waals surface area contributed by atoms with Crippen molar-refractivity contribution in [3.63, 3.8) is 0 Å². The van der Waals surface area contributed by atoms with Crippen LogP contribution in [-0.2, 0) is 4.79 Å². The van der Waals surface area contributed by atoms with E-state index in [1.807, 2.05) is 6.79 Å². The van der Waals surface area contributed by atoms with Crippen LogP contribution in [0.25, 0.3) is 0 Å². The number of carbonyl (C=O) groups is 2. The number of unbranched alkanes of at least 4 members (excludes halogenated alkanes) is 6. The van der Waals surface area contributed by atoms with Gasteiger partial charge in [0.2, 0.25) is 0 Å². The molecule has 0 aliphatic carbocycles. The third kappa shape index (κ3) is 9.66. The van der Waals surface area contributed by atoms with Gasteiger partial charge in [-0.25, -0.2) is 4.79 Å². The molecule has 0 saturated carbocycles. The molecule has 1 aromatic rings. The summed E-state index contributed by atoms with van der Waals surface area (Å²) < 4.78 is 5.58. The summed E-state index contributed by atoms with van der Waals surface area (Å²) in [6.07, 6.45) is 8.84. The van der Waals surface area contributed by atoms with Gasteiger partial charge in [0.1, 0.15) is 12.5 Å². The molecular formula is C17H26O4. The van der Waals surface area contributed by atoms with Crippen molar-refractivity contribution in [2.45, 2.75) is 51.9 Å². The van der Waals surface area contributed by atoms with Gasteiger partial charge >= 0.3 is 5.97 Å². The first kappa shape index (κ1) is 19.2. The van der Waals surface area contributed by atoms with E-state index in [9.17, 15) is 4.79 Å². The molecule has 0 spiro atoms. The van der Waals surface area contributed by atoms with Crippen molar-refractivity contribution < 1.29 is 19.4 Å². The molecule has 0 unspecified atom stereocenters. The maximum atomic E-state index is 10.7. The van der Waals surface area contributed by atoms with Crippen molar-refractivity contribution in [3.8, 4) is 5.75 Å². The second-order valence-electron chi connectivity index (χ2n) is 4.80. The monoisotopic (exact) mass is 294 g/mol. The third-order valence-corrected chi connectivity index (χ3v) is 3.12. The summed E-state index contributed by atoms with van der Waals surface area (Å²) >= 11 is 0. The lowest BCUT2D eigenvalue weighted by atomic mass is 10.1. The van der Waals surface area contributed by atoms with Gasteiger partial charge < -0.3 is 14.6 Å². The number of benzene rings is 1. The molecule has 21 heavy (non-hydrogen) atoms.